The fourth-order valence-corrected chi connectivity index (χ4v) is 1.77. The molecule has 0 fully saturated rings. The predicted octanol–water partition coefficient (Wildman–Crippen LogP) is 2.17. The zero-order chi connectivity index (χ0) is 12.3. The molecule has 0 amide bonds. The molecule has 0 aliphatic carbocycles. The number of ether oxygens (including phenoxy) is 1. The number of aromatic nitrogens is 1. The van der Waals surface area contributed by atoms with Gasteiger partial charge in [-0.3, -0.25) is 0 Å². The fourth-order valence-electron chi connectivity index (χ4n) is 1.77. The first kappa shape index (κ1) is 11.7. The molecule has 0 atom stereocenters. The van der Waals surface area contributed by atoms with Gasteiger partial charge in [0.15, 0.2) is 0 Å². The summed E-state index contributed by atoms with van der Waals surface area (Å²) in [7, 11) is 1.63. The maximum atomic E-state index is 9.32. The van der Waals surface area contributed by atoms with E-state index in [1.165, 1.54) is 0 Å². The van der Waals surface area contributed by atoms with Gasteiger partial charge in [-0.1, -0.05) is 0 Å². The molecule has 1 heterocycles. The Hall–Kier alpha value is -1.81. The van der Waals surface area contributed by atoms with Gasteiger partial charge in [-0.25, -0.2) is 4.98 Å². The van der Waals surface area contributed by atoms with Crippen molar-refractivity contribution in [3.8, 4) is 5.75 Å². The van der Waals surface area contributed by atoms with Gasteiger partial charge in [0.05, 0.1) is 19.2 Å². The van der Waals surface area contributed by atoms with E-state index in [2.05, 4.69) is 10.3 Å². The van der Waals surface area contributed by atoms with E-state index in [1.54, 1.807) is 7.11 Å². The molecule has 0 aliphatic heterocycles. The maximum Gasteiger partial charge on any atom is 0.132 e. The van der Waals surface area contributed by atoms with Crippen LogP contribution < -0.4 is 10.1 Å². The van der Waals surface area contributed by atoms with E-state index in [-0.39, 0.29) is 6.61 Å². The van der Waals surface area contributed by atoms with E-state index >= 15 is 0 Å². The van der Waals surface area contributed by atoms with E-state index in [9.17, 15) is 5.11 Å². The fraction of sp³-hybridized carbons (Fsp3) is 0.308. The number of aliphatic hydroxyl groups excluding tert-OH is 1. The van der Waals surface area contributed by atoms with Gasteiger partial charge < -0.3 is 15.2 Å². The summed E-state index contributed by atoms with van der Waals surface area (Å²) < 4.78 is 5.17. The minimum Gasteiger partial charge on any atom is -0.497 e. The van der Waals surface area contributed by atoms with Crippen molar-refractivity contribution in [2.45, 2.75) is 13.5 Å². The van der Waals surface area contributed by atoms with Crippen LogP contribution in [0.1, 0.15) is 12.5 Å². The number of fused-ring (bicyclic) bond motifs is 1. The number of hydrogen-bond donors (Lipinski definition) is 2. The lowest BCUT2D eigenvalue weighted by molar-refractivity contribution is 0.282. The zero-order valence-electron chi connectivity index (χ0n) is 10.0. The van der Waals surface area contributed by atoms with E-state index in [1.807, 2.05) is 31.2 Å². The van der Waals surface area contributed by atoms with Crippen molar-refractivity contribution in [1.29, 1.82) is 0 Å². The lowest BCUT2D eigenvalue weighted by Gasteiger charge is -2.10. The van der Waals surface area contributed by atoms with Crippen LogP contribution in [0.25, 0.3) is 10.9 Å². The van der Waals surface area contributed by atoms with Crippen molar-refractivity contribution < 1.29 is 9.84 Å². The molecule has 17 heavy (non-hydrogen) atoms. The Kier molecular flexibility index (Phi) is 3.44. The van der Waals surface area contributed by atoms with Crippen molar-refractivity contribution in [1.82, 2.24) is 4.98 Å². The molecule has 2 aromatic rings. The van der Waals surface area contributed by atoms with E-state index < -0.39 is 0 Å². The second-order valence-corrected chi connectivity index (χ2v) is 3.74. The molecule has 90 valence electrons. The predicted molar refractivity (Wildman–Crippen MR) is 68.4 cm³/mol. The van der Waals surface area contributed by atoms with Crippen LogP contribution in [0, 0.1) is 0 Å². The van der Waals surface area contributed by atoms with Crippen LogP contribution in [0.15, 0.2) is 24.3 Å². The number of hydrogen-bond acceptors (Lipinski definition) is 4. The molecular weight excluding hydrogens is 216 g/mol. The Bertz CT molecular complexity index is 526. The maximum absolute atomic E-state index is 9.32. The highest BCUT2D eigenvalue weighted by Crippen LogP contribution is 2.24. The standard InChI is InChI=1S/C13H16N2O2/c1-3-14-13-10(8-16)6-9-7-11(17-2)4-5-12(9)15-13/h4-7,16H,3,8H2,1-2H3,(H,14,15). The molecule has 0 spiro atoms. The Balaban J connectivity index is 2.56. The molecule has 0 saturated heterocycles. The third kappa shape index (κ3) is 2.31. The molecule has 4 nitrogen and oxygen atoms in total. The summed E-state index contributed by atoms with van der Waals surface area (Å²) in [5, 5.41) is 13.4. The van der Waals surface area contributed by atoms with Crippen molar-refractivity contribution in [3.05, 3.63) is 29.8 Å². The number of nitrogens with one attached hydrogen (secondary N) is 1. The third-order valence-electron chi connectivity index (χ3n) is 2.62. The van der Waals surface area contributed by atoms with Gasteiger partial charge in [0.25, 0.3) is 0 Å². The second kappa shape index (κ2) is 5.01. The molecule has 0 radical (unpaired) electrons. The molecule has 2 N–H and O–H groups in total. The van der Waals surface area contributed by atoms with Crippen LogP contribution in [0.4, 0.5) is 5.82 Å². The summed E-state index contributed by atoms with van der Waals surface area (Å²) in [6, 6.07) is 7.64. The number of nitrogens with zero attached hydrogens (tertiary/aromatic N) is 1. The van der Waals surface area contributed by atoms with Crippen LogP contribution in [0.2, 0.25) is 0 Å². The van der Waals surface area contributed by atoms with Crippen molar-refractivity contribution >= 4 is 16.7 Å². The second-order valence-electron chi connectivity index (χ2n) is 3.74. The van der Waals surface area contributed by atoms with Gasteiger partial charge in [0, 0.05) is 17.5 Å². The van der Waals surface area contributed by atoms with Crippen LogP contribution in [-0.4, -0.2) is 23.7 Å². The normalized spacial score (nSPS) is 10.5. The number of rotatable bonds is 4. The molecule has 0 saturated carbocycles. The minimum absolute atomic E-state index is 0.0253. The summed E-state index contributed by atoms with van der Waals surface area (Å²) in [5.41, 5.74) is 1.69. The lowest BCUT2D eigenvalue weighted by atomic mass is 10.1. The Morgan fingerprint density at radius 1 is 1.35 bits per heavy atom. The Morgan fingerprint density at radius 2 is 2.18 bits per heavy atom. The van der Waals surface area contributed by atoms with Crippen molar-refractivity contribution in [2.75, 3.05) is 19.0 Å². The first-order valence-electron chi connectivity index (χ1n) is 5.61. The molecular formula is C13H16N2O2. The summed E-state index contributed by atoms with van der Waals surface area (Å²) >= 11 is 0. The summed E-state index contributed by atoms with van der Waals surface area (Å²) in [6.07, 6.45) is 0. The topological polar surface area (TPSA) is 54.4 Å². The number of pyridine rings is 1. The molecule has 4 heteroatoms. The minimum atomic E-state index is -0.0253. The molecule has 1 aromatic carbocycles. The first-order valence-corrected chi connectivity index (χ1v) is 5.61. The summed E-state index contributed by atoms with van der Waals surface area (Å²) in [6.45, 7) is 2.76. The molecule has 0 aliphatic rings. The molecule has 1 aromatic heterocycles. The van der Waals surface area contributed by atoms with Crippen LogP contribution >= 0.6 is 0 Å². The van der Waals surface area contributed by atoms with Gasteiger partial charge in [0.2, 0.25) is 0 Å². The highest BCUT2D eigenvalue weighted by Gasteiger charge is 2.06. The van der Waals surface area contributed by atoms with E-state index in [0.717, 1.165) is 34.6 Å². The van der Waals surface area contributed by atoms with Gasteiger partial charge in [0.1, 0.15) is 11.6 Å². The average Bonchev–Trinajstić information content (AvgIpc) is 2.37. The zero-order valence-corrected chi connectivity index (χ0v) is 10.0. The number of methoxy groups -OCH3 is 1. The van der Waals surface area contributed by atoms with E-state index in [4.69, 9.17) is 4.74 Å². The monoisotopic (exact) mass is 232 g/mol. The number of anilines is 1. The molecule has 2 rings (SSSR count). The lowest BCUT2D eigenvalue weighted by Crippen LogP contribution is -2.03. The number of benzene rings is 1. The molecule has 0 bridgehead atoms. The Labute approximate surface area is 100 Å². The van der Waals surface area contributed by atoms with Crippen molar-refractivity contribution in [3.63, 3.8) is 0 Å². The van der Waals surface area contributed by atoms with Crippen LogP contribution in [0.3, 0.4) is 0 Å². The number of aliphatic hydroxyl groups is 1. The molecule has 0 unspecified atom stereocenters. The van der Waals surface area contributed by atoms with Crippen molar-refractivity contribution in [2.24, 2.45) is 0 Å². The smallest absolute Gasteiger partial charge is 0.132 e. The van der Waals surface area contributed by atoms with E-state index in [0.29, 0.717) is 0 Å². The summed E-state index contributed by atoms with van der Waals surface area (Å²) in [5.74, 6) is 1.53. The Morgan fingerprint density at radius 3 is 2.82 bits per heavy atom. The highest BCUT2D eigenvalue weighted by molar-refractivity contribution is 5.83. The van der Waals surface area contributed by atoms with Gasteiger partial charge >= 0.3 is 0 Å². The third-order valence-corrected chi connectivity index (χ3v) is 2.62. The van der Waals surface area contributed by atoms with Gasteiger partial charge in [-0.15, -0.1) is 0 Å². The first-order chi connectivity index (χ1) is 8.28. The highest BCUT2D eigenvalue weighted by atomic mass is 16.5. The summed E-state index contributed by atoms with van der Waals surface area (Å²) in [4.78, 5) is 4.48. The van der Waals surface area contributed by atoms with Gasteiger partial charge in [-0.2, -0.15) is 0 Å². The quantitative estimate of drug-likeness (QED) is 0.848. The average molecular weight is 232 g/mol. The van der Waals surface area contributed by atoms with Crippen LogP contribution in [-0.2, 0) is 6.61 Å². The van der Waals surface area contributed by atoms with Gasteiger partial charge in [-0.05, 0) is 31.2 Å². The SMILES string of the molecule is CCNc1nc2ccc(OC)cc2cc1CO. The van der Waals surface area contributed by atoms with Crippen LogP contribution in [0.5, 0.6) is 5.75 Å². The largest absolute Gasteiger partial charge is 0.497 e.